The average Bonchev–Trinajstić information content (AvgIpc) is 3.14. The van der Waals surface area contributed by atoms with Gasteiger partial charge in [-0.1, -0.05) is 42.5 Å². The molecule has 0 bridgehead atoms. The highest BCUT2D eigenvalue weighted by atomic mass is 16.5. The Balaban J connectivity index is 1.57. The number of aliphatic hydroxyl groups excluding tert-OH is 1. The molecule has 0 atom stereocenters. The Hall–Kier alpha value is -2.67. The highest BCUT2D eigenvalue weighted by Crippen LogP contribution is 2.19. The molecule has 0 saturated heterocycles. The highest BCUT2D eigenvalue weighted by molar-refractivity contribution is 5.83. The van der Waals surface area contributed by atoms with Crippen LogP contribution in [-0.2, 0) is 24.2 Å². The second-order valence-corrected chi connectivity index (χ2v) is 6.96. The summed E-state index contributed by atoms with van der Waals surface area (Å²) >= 11 is 0. The van der Waals surface area contributed by atoms with Crippen LogP contribution in [0.15, 0.2) is 54.7 Å². The number of carbonyl (C=O) groups is 1. The maximum Gasteiger partial charge on any atom is 0.243 e. The topological polar surface area (TPSA) is 88.6 Å². The number of carbonyl (C=O) groups excluding carboxylic acids is 1. The summed E-state index contributed by atoms with van der Waals surface area (Å²) in [6, 6.07) is 16.4. The lowest BCUT2D eigenvalue weighted by atomic mass is 10.1. The van der Waals surface area contributed by atoms with Crippen LogP contribution >= 0.6 is 0 Å². The number of nitrogens with one attached hydrogen (secondary N) is 2. The van der Waals surface area contributed by atoms with Crippen LogP contribution in [0.2, 0.25) is 0 Å². The molecule has 2 aromatic carbocycles. The summed E-state index contributed by atoms with van der Waals surface area (Å²) in [5, 5.41) is 19.2. The minimum Gasteiger partial charge on any atom is -0.395 e. The van der Waals surface area contributed by atoms with Gasteiger partial charge >= 0.3 is 0 Å². The van der Waals surface area contributed by atoms with Gasteiger partial charge in [-0.05, 0) is 35.6 Å². The number of aliphatic hydroxyl groups is 1. The number of aryl methyl sites for hydroxylation is 1. The molecule has 0 saturated carbocycles. The van der Waals surface area contributed by atoms with E-state index in [1.807, 2.05) is 18.2 Å². The van der Waals surface area contributed by atoms with E-state index in [4.69, 9.17) is 5.21 Å². The zero-order chi connectivity index (χ0) is 19.8. The number of H-pyrrole nitrogens is 1. The van der Waals surface area contributed by atoms with Gasteiger partial charge in [-0.2, -0.15) is 0 Å². The molecule has 0 spiro atoms. The van der Waals surface area contributed by atoms with E-state index in [-0.39, 0.29) is 18.9 Å². The molecule has 28 heavy (non-hydrogen) atoms. The Morgan fingerprint density at radius 1 is 1.00 bits per heavy atom. The second kappa shape index (κ2) is 10.0. The van der Waals surface area contributed by atoms with E-state index in [9.17, 15) is 9.90 Å². The van der Waals surface area contributed by atoms with E-state index < -0.39 is 0 Å². The molecule has 4 N–H and O–H groups in total. The van der Waals surface area contributed by atoms with Gasteiger partial charge in [0.2, 0.25) is 5.91 Å². The molecular weight excluding hydrogens is 354 g/mol. The smallest absolute Gasteiger partial charge is 0.243 e. The number of hydrogen-bond acceptors (Lipinski definition) is 4. The number of amides is 1. The van der Waals surface area contributed by atoms with Crippen LogP contribution < -0.4 is 5.48 Å². The molecule has 3 aromatic rings. The highest BCUT2D eigenvalue weighted by Gasteiger charge is 2.09. The van der Waals surface area contributed by atoms with Gasteiger partial charge in [0.15, 0.2) is 0 Å². The van der Waals surface area contributed by atoms with Crippen molar-refractivity contribution in [3.63, 3.8) is 0 Å². The summed E-state index contributed by atoms with van der Waals surface area (Å²) in [4.78, 5) is 16.7. The van der Waals surface area contributed by atoms with Gasteiger partial charge in [0.1, 0.15) is 0 Å². The van der Waals surface area contributed by atoms with E-state index in [2.05, 4.69) is 46.4 Å². The summed E-state index contributed by atoms with van der Waals surface area (Å²) in [6.07, 6.45) is 3.84. The lowest BCUT2D eigenvalue weighted by Crippen LogP contribution is -2.28. The van der Waals surface area contributed by atoms with Crippen molar-refractivity contribution in [2.24, 2.45) is 0 Å². The van der Waals surface area contributed by atoms with E-state index in [1.54, 1.807) is 5.48 Å². The first-order valence-electron chi connectivity index (χ1n) is 9.58. The summed E-state index contributed by atoms with van der Waals surface area (Å²) < 4.78 is 0. The number of para-hydroxylation sites is 1. The lowest BCUT2D eigenvalue weighted by molar-refractivity contribution is -0.129. The normalized spacial score (nSPS) is 11.2. The largest absolute Gasteiger partial charge is 0.395 e. The van der Waals surface area contributed by atoms with Gasteiger partial charge in [0.05, 0.1) is 6.61 Å². The third-order valence-electron chi connectivity index (χ3n) is 4.98. The van der Waals surface area contributed by atoms with Crippen LogP contribution in [0.1, 0.15) is 23.1 Å². The van der Waals surface area contributed by atoms with Crippen LogP contribution in [0.3, 0.4) is 0 Å². The quantitative estimate of drug-likeness (QED) is 0.321. The predicted molar refractivity (Wildman–Crippen MR) is 109 cm³/mol. The average molecular weight is 381 g/mol. The zero-order valence-corrected chi connectivity index (χ0v) is 15.9. The Labute approximate surface area is 164 Å². The van der Waals surface area contributed by atoms with Gasteiger partial charge < -0.3 is 10.1 Å². The lowest BCUT2D eigenvalue weighted by Gasteiger charge is -2.21. The monoisotopic (exact) mass is 381 g/mol. The number of nitrogens with zero attached hydrogens (tertiary/aromatic N) is 1. The number of aromatic nitrogens is 1. The van der Waals surface area contributed by atoms with Gasteiger partial charge in [-0.15, -0.1) is 0 Å². The number of rotatable bonds is 10. The van der Waals surface area contributed by atoms with Crippen LogP contribution in [0.4, 0.5) is 0 Å². The van der Waals surface area contributed by atoms with Crippen LogP contribution in [0.25, 0.3) is 10.9 Å². The molecule has 0 aliphatic carbocycles. The number of fused-ring (bicyclic) bond motifs is 1. The van der Waals surface area contributed by atoms with E-state index in [0.29, 0.717) is 13.0 Å². The molecule has 0 fully saturated rings. The molecule has 0 radical (unpaired) electrons. The molecule has 1 aromatic heterocycles. The van der Waals surface area contributed by atoms with Crippen molar-refractivity contribution in [1.29, 1.82) is 0 Å². The maximum atomic E-state index is 11.1. The molecule has 6 nitrogen and oxygen atoms in total. The molecule has 6 heteroatoms. The Morgan fingerprint density at radius 2 is 1.75 bits per heavy atom. The molecule has 148 valence electrons. The van der Waals surface area contributed by atoms with Gasteiger partial charge in [0, 0.05) is 43.2 Å². The minimum atomic E-state index is -0.379. The Bertz CT molecular complexity index is 889. The fourth-order valence-corrected chi connectivity index (χ4v) is 3.41. The van der Waals surface area contributed by atoms with Gasteiger partial charge in [0.25, 0.3) is 0 Å². The first-order valence-corrected chi connectivity index (χ1v) is 9.58. The molecule has 0 aliphatic heterocycles. The van der Waals surface area contributed by atoms with Crippen molar-refractivity contribution in [3.8, 4) is 0 Å². The number of aromatic amines is 1. The third kappa shape index (κ3) is 5.42. The summed E-state index contributed by atoms with van der Waals surface area (Å²) in [7, 11) is 0. The molecule has 1 amide bonds. The number of hydrogen-bond donors (Lipinski definition) is 4. The van der Waals surface area contributed by atoms with Crippen molar-refractivity contribution < 1.29 is 15.1 Å². The fourth-order valence-electron chi connectivity index (χ4n) is 3.41. The Morgan fingerprint density at radius 3 is 2.50 bits per heavy atom. The maximum absolute atomic E-state index is 11.1. The first kappa shape index (κ1) is 20.1. The molecule has 3 rings (SSSR count). The Kier molecular flexibility index (Phi) is 7.19. The van der Waals surface area contributed by atoms with Crippen LogP contribution in [0.5, 0.6) is 0 Å². The van der Waals surface area contributed by atoms with Crippen molar-refractivity contribution in [2.75, 3.05) is 19.7 Å². The summed E-state index contributed by atoms with van der Waals surface area (Å²) in [5.74, 6) is -0.379. The minimum absolute atomic E-state index is 0.127. The van der Waals surface area contributed by atoms with Crippen molar-refractivity contribution in [2.45, 2.75) is 25.8 Å². The van der Waals surface area contributed by atoms with E-state index >= 15 is 0 Å². The summed E-state index contributed by atoms with van der Waals surface area (Å²) in [5.41, 5.74) is 6.31. The number of benzene rings is 2. The van der Waals surface area contributed by atoms with Crippen molar-refractivity contribution >= 4 is 16.8 Å². The SMILES string of the molecule is O=C(CCc1ccc(CN(CCO)CCc2c[nH]c3ccccc23)cc1)NO. The van der Waals surface area contributed by atoms with Gasteiger partial charge in [-0.25, -0.2) is 5.48 Å². The standard InChI is InChI=1S/C22H27N3O3/c26-14-13-25(12-11-19-15-23-21-4-2-1-3-20(19)21)16-18-7-5-17(6-8-18)9-10-22(27)24-28/h1-8,15,23,26,28H,9-14,16H2,(H,24,27). The summed E-state index contributed by atoms with van der Waals surface area (Å²) in [6.45, 7) is 2.38. The predicted octanol–water partition coefficient (Wildman–Crippen LogP) is 2.64. The molecule has 0 unspecified atom stereocenters. The fraction of sp³-hybridized carbons (Fsp3) is 0.318. The van der Waals surface area contributed by atoms with E-state index in [1.165, 1.54) is 16.5 Å². The first-order chi connectivity index (χ1) is 13.7. The van der Waals surface area contributed by atoms with E-state index in [0.717, 1.165) is 30.6 Å². The van der Waals surface area contributed by atoms with Crippen LogP contribution in [0, 0.1) is 0 Å². The van der Waals surface area contributed by atoms with Crippen LogP contribution in [-0.4, -0.2) is 45.8 Å². The van der Waals surface area contributed by atoms with Gasteiger partial charge in [-0.3, -0.25) is 14.9 Å². The third-order valence-corrected chi connectivity index (χ3v) is 4.98. The number of hydroxylamine groups is 1. The molecule has 1 heterocycles. The van der Waals surface area contributed by atoms with Crippen molar-refractivity contribution in [1.82, 2.24) is 15.4 Å². The zero-order valence-electron chi connectivity index (χ0n) is 15.9. The second-order valence-electron chi connectivity index (χ2n) is 6.96. The molecule has 0 aliphatic rings. The van der Waals surface area contributed by atoms with Crippen molar-refractivity contribution in [3.05, 3.63) is 71.4 Å². The molecular formula is C22H27N3O3.